The average Bonchev–Trinajstić information content (AvgIpc) is 3.22. The van der Waals surface area contributed by atoms with E-state index >= 15 is 0 Å². The zero-order valence-corrected chi connectivity index (χ0v) is 9.81. The predicted molar refractivity (Wildman–Crippen MR) is 65.3 cm³/mol. The van der Waals surface area contributed by atoms with Gasteiger partial charge in [-0.2, -0.15) is 0 Å². The van der Waals surface area contributed by atoms with E-state index in [0.717, 1.165) is 24.1 Å². The van der Waals surface area contributed by atoms with Crippen LogP contribution >= 0.6 is 0 Å². The molecule has 0 saturated heterocycles. The molecule has 1 saturated carbocycles. The zero-order chi connectivity index (χ0) is 12.5. The molecule has 0 amide bonds. The van der Waals surface area contributed by atoms with E-state index in [0.29, 0.717) is 17.3 Å². The molecule has 92 valence electrons. The predicted octanol–water partition coefficient (Wildman–Crippen LogP) is 2.65. The third-order valence-electron chi connectivity index (χ3n) is 3.12. The van der Waals surface area contributed by atoms with Crippen LogP contribution in [0.15, 0.2) is 30.5 Å². The minimum Gasteiger partial charge on any atom is -0.392 e. The zero-order valence-electron chi connectivity index (χ0n) is 9.81. The van der Waals surface area contributed by atoms with Gasteiger partial charge in [-0.05, 0) is 25.0 Å². The molecule has 3 nitrogen and oxygen atoms in total. The number of benzene rings is 1. The Kier molecular flexibility index (Phi) is 2.80. The lowest BCUT2D eigenvalue weighted by Crippen LogP contribution is -2.01. The van der Waals surface area contributed by atoms with Crippen molar-refractivity contribution in [1.82, 2.24) is 9.97 Å². The number of hydrogen-bond donors (Lipinski definition) is 1. The summed E-state index contributed by atoms with van der Waals surface area (Å²) in [6, 6.07) is 6.25. The third kappa shape index (κ3) is 2.11. The van der Waals surface area contributed by atoms with Gasteiger partial charge in [-0.25, -0.2) is 14.4 Å². The van der Waals surface area contributed by atoms with Crippen molar-refractivity contribution in [3.8, 4) is 11.4 Å². The molecule has 3 rings (SSSR count). The second-order valence-corrected chi connectivity index (χ2v) is 4.55. The summed E-state index contributed by atoms with van der Waals surface area (Å²) in [6.07, 6.45) is 3.85. The first kappa shape index (κ1) is 11.3. The lowest BCUT2D eigenvalue weighted by molar-refractivity contribution is 0.279. The molecule has 1 fully saturated rings. The maximum absolute atomic E-state index is 13.2. The molecule has 1 aromatic heterocycles. The quantitative estimate of drug-likeness (QED) is 0.902. The molecule has 0 spiro atoms. The van der Waals surface area contributed by atoms with Gasteiger partial charge in [-0.3, -0.25) is 0 Å². The highest BCUT2D eigenvalue weighted by Gasteiger charge is 2.28. The molecule has 1 N–H and O–H groups in total. The average molecular weight is 244 g/mol. The monoisotopic (exact) mass is 244 g/mol. The molecule has 2 aromatic rings. The first-order chi connectivity index (χ1) is 8.78. The molecule has 1 heterocycles. The van der Waals surface area contributed by atoms with Gasteiger partial charge in [0, 0.05) is 23.2 Å². The Balaban J connectivity index is 2.05. The molecule has 0 atom stereocenters. The molecular weight excluding hydrogens is 231 g/mol. The standard InChI is InChI=1S/C14H13FN2O/c15-12-3-1-2-10(6-12)14-16-7-11(8-18)13(17-14)9-4-5-9/h1-3,6-7,9,18H,4-5,8H2. The summed E-state index contributed by atoms with van der Waals surface area (Å²) in [7, 11) is 0. The number of aliphatic hydroxyl groups excluding tert-OH is 1. The number of rotatable bonds is 3. The van der Waals surface area contributed by atoms with E-state index in [1.165, 1.54) is 12.1 Å². The van der Waals surface area contributed by atoms with Gasteiger partial charge in [-0.1, -0.05) is 12.1 Å². The normalized spacial score (nSPS) is 14.8. The van der Waals surface area contributed by atoms with E-state index in [2.05, 4.69) is 9.97 Å². The van der Waals surface area contributed by atoms with Gasteiger partial charge in [0.05, 0.1) is 12.3 Å². The summed E-state index contributed by atoms with van der Waals surface area (Å²) < 4.78 is 13.2. The topological polar surface area (TPSA) is 46.0 Å². The highest BCUT2D eigenvalue weighted by Crippen LogP contribution is 2.41. The molecule has 0 radical (unpaired) electrons. The Labute approximate surface area is 104 Å². The van der Waals surface area contributed by atoms with Crippen molar-refractivity contribution in [2.75, 3.05) is 0 Å². The summed E-state index contributed by atoms with van der Waals surface area (Å²) in [4.78, 5) is 8.67. The third-order valence-corrected chi connectivity index (χ3v) is 3.12. The fourth-order valence-corrected chi connectivity index (χ4v) is 2.02. The smallest absolute Gasteiger partial charge is 0.159 e. The van der Waals surface area contributed by atoms with Crippen molar-refractivity contribution < 1.29 is 9.50 Å². The molecule has 4 heteroatoms. The van der Waals surface area contributed by atoms with Crippen molar-refractivity contribution in [1.29, 1.82) is 0 Å². The minimum atomic E-state index is -0.296. The summed E-state index contributed by atoms with van der Waals surface area (Å²) >= 11 is 0. The van der Waals surface area contributed by atoms with Crippen LogP contribution in [0.3, 0.4) is 0 Å². The maximum atomic E-state index is 13.2. The van der Waals surface area contributed by atoms with Crippen LogP contribution in [-0.4, -0.2) is 15.1 Å². The van der Waals surface area contributed by atoms with E-state index in [1.807, 2.05) is 0 Å². The van der Waals surface area contributed by atoms with E-state index in [4.69, 9.17) is 0 Å². The fourth-order valence-electron chi connectivity index (χ4n) is 2.02. The lowest BCUT2D eigenvalue weighted by Gasteiger charge is -2.07. The van der Waals surface area contributed by atoms with Crippen LogP contribution < -0.4 is 0 Å². The number of aromatic nitrogens is 2. The van der Waals surface area contributed by atoms with Crippen LogP contribution in [0.25, 0.3) is 11.4 Å². The highest BCUT2D eigenvalue weighted by molar-refractivity contribution is 5.55. The molecule has 0 aliphatic heterocycles. The van der Waals surface area contributed by atoms with Crippen molar-refractivity contribution in [3.63, 3.8) is 0 Å². The van der Waals surface area contributed by atoms with Crippen LogP contribution in [-0.2, 0) is 6.61 Å². The van der Waals surface area contributed by atoms with Gasteiger partial charge < -0.3 is 5.11 Å². The van der Waals surface area contributed by atoms with Gasteiger partial charge in [0.25, 0.3) is 0 Å². The van der Waals surface area contributed by atoms with E-state index in [9.17, 15) is 9.50 Å². The van der Waals surface area contributed by atoms with Crippen molar-refractivity contribution in [3.05, 3.63) is 47.5 Å². The molecule has 0 bridgehead atoms. The van der Waals surface area contributed by atoms with Crippen LogP contribution in [0.1, 0.15) is 30.0 Å². The van der Waals surface area contributed by atoms with E-state index < -0.39 is 0 Å². The molecule has 18 heavy (non-hydrogen) atoms. The second kappa shape index (κ2) is 4.46. The Hall–Kier alpha value is -1.81. The van der Waals surface area contributed by atoms with Crippen LogP contribution in [0.2, 0.25) is 0 Å². The Morgan fingerprint density at radius 3 is 2.83 bits per heavy atom. The summed E-state index contributed by atoms with van der Waals surface area (Å²) in [5.74, 6) is 0.659. The van der Waals surface area contributed by atoms with Gasteiger partial charge in [0.2, 0.25) is 0 Å². The van der Waals surface area contributed by atoms with Crippen molar-refractivity contribution in [2.24, 2.45) is 0 Å². The van der Waals surface area contributed by atoms with Crippen LogP contribution in [0.5, 0.6) is 0 Å². The minimum absolute atomic E-state index is 0.0464. The van der Waals surface area contributed by atoms with Gasteiger partial charge >= 0.3 is 0 Å². The SMILES string of the molecule is OCc1cnc(-c2cccc(F)c2)nc1C1CC1. The van der Waals surface area contributed by atoms with Gasteiger partial charge in [0.1, 0.15) is 5.82 Å². The first-order valence-electron chi connectivity index (χ1n) is 6.00. The summed E-state index contributed by atoms with van der Waals surface area (Å²) in [5.41, 5.74) is 2.35. The maximum Gasteiger partial charge on any atom is 0.159 e. The number of halogens is 1. The van der Waals surface area contributed by atoms with Crippen LogP contribution in [0.4, 0.5) is 4.39 Å². The summed E-state index contributed by atoms with van der Waals surface area (Å²) in [5, 5.41) is 9.26. The molecule has 1 aromatic carbocycles. The molecular formula is C14H13FN2O. The highest BCUT2D eigenvalue weighted by atomic mass is 19.1. The van der Waals surface area contributed by atoms with Gasteiger partial charge in [-0.15, -0.1) is 0 Å². The lowest BCUT2D eigenvalue weighted by atomic mass is 10.1. The van der Waals surface area contributed by atoms with Crippen LogP contribution in [0, 0.1) is 5.82 Å². The largest absolute Gasteiger partial charge is 0.392 e. The number of nitrogens with zero attached hydrogens (tertiary/aromatic N) is 2. The molecule has 1 aliphatic rings. The Bertz CT molecular complexity index is 582. The molecule has 0 unspecified atom stereocenters. The number of aliphatic hydroxyl groups is 1. The fraction of sp³-hybridized carbons (Fsp3) is 0.286. The van der Waals surface area contributed by atoms with Gasteiger partial charge in [0.15, 0.2) is 5.82 Å². The van der Waals surface area contributed by atoms with E-state index in [-0.39, 0.29) is 12.4 Å². The first-order valence-corrected chi connectivity index (χ1v) is 6.00. The van der Waals surface area contributed by atoms with E-state index in [1.54, 1.807) is 18.3 Å². The van der Waals surface area contributed by atoms with Crippen molar-refractivity contribution >= 4 is 0 Å². The second-order valence-electron chi connectivity index (χ2n) is 4.55. The summed E-state index contributed by atoms with van der Waals surface area (Å²) in [6.45, 7) is -0.0464. The molecule has 1 aliphatic carbocycles. The Morgan fingerprint density at radius 2 is 2.17 bits per heavy atom. The Morgan fingerprint density at radius 1 is 1.33 bits per heavy atom. The van der Waals surface area contributed by atoms with Crippen molar-refractivity contribution in [2.45, 2.75) is 25.4 Å². The number of hydrogen-bond acceptors (Lipinski definition) is 3.